The Morgan fingerprint density at radius 1 is 1.06 bits per heavy atom. The third-order valence-corrected chi connectivity index (χ3v) is 4.48. The molecule has 17 heavy (non-hydrogen) atoms. The van der Waals surface area contributed by atoms with E-state index in [9.17, 15) is 9.90 Å². The number of carbonyl (C=O) groups is 1. The maximum atomic E-state index is 12.1. The standard InChI is InChI=1S/C14H25NO2/c1-15(12-8-5-6-10-14(12)17)11-7-3-2-4-9-13(11)16/h11-12,14,17H,2-10H2,1H3. The van der Waals surface area contributed by atoms with Gasteiger partial charge in [0.1, 0.15) is 5.78 Å². The van der Waals surface area contributed by atoms with Crippen LogP contribution < -0.4 is 0 Å². The number of hydrogen-bond donors (Lipinski definition) is 1. The summed E-state index contributed by atoms with van der Waals surface area (Å²) in [5.74, 6) is 0.391. The number of likely N-dealkylation sites (N-methyl/N-ethyl adjacent to an activating group) is 1. The Morgan fingerprint density at radius 3 is 2.53 bits per heavy atom. The molecule has 0 amide bonds. The minimum atomic E-state index is -0.232. The summed E-state index contributed by atoms with van der Waals surface area (Å²) < 4.78 is 0. The minimum absolute atomic E-state index is 0.0650. The average Bonchev–Trinajstić information content (AvgIpc) is 2.54. The number of aliphatic hydroxyl groups excluding tert-OH is 1. The SMILES string of the molecule is CN(C1CCCCCC1=O)C1CCCCC1O. The topological polar surface area (TPSA) is 40.5 Å². The van der Waals surface area contributed by atoms with Gasteiger partial charge in [-0.2, -0.15) is 0 Å². The lowest BCUT2D eigenvalue weighted by molar-refractivity contribution is -0.125. The molecule has 2 aliphatic carbocycles. The summed E-state index contributed by atoms with van der Waals surface area (Å²) in [6.07, 6.45) is 9.14. The van der Waals surface area contributed by atoms with E-state index in [4.69, 9.17) is 0 Å². The first-order valence-corrected chi connectivity index (χ1v) is 7.13. The molecule has 3 unspecified atom stereocenters. The van der Waals surface area contributed by atoms with Crippen molar-refractivity contribution in [2.75, 3.05) is 7.05 Å². The molecular weight excluding hydrogens is 214 g/mol. The van der Waals surface area contributed by atoms with E-state index in [1.807, 2.05) is 7.05 Å². The minimum Gasteiger partial charge on any atom is -0.391 e. The molecule has 0 heterocycles. The van der Waals surface area contributed by atoms with Gasteiger partial charge in [0, 0.05) is 12.5 Å². The van der Waals surface area contributed by atoms with Crippen molar-refractivity contribution < 1.29 is 9.90 Å². The lowest BCUT2D eigenvalue weighted by Crippen LogP contribution is -2.50. The van der Waals surface area contributed by atoms with E-state index in [1.54, 1.807) is 0 Å². The lowest BCUT2D eigenvalue weighted by Gasteiger charge is -2.39. The third-order valence-electron chi connectivity index (χ3n) is 4.48. The van der Waals surface area contributed by atoms with E-state index in [0.29, 0.717) is 5.78 Å². The Hall–Kier alpha value is -0.410. The monoisotopic (exact) mass is 239 g/mol. The van der Waals surface area contributed by atoms with Gasteiger partial charge in [0.2, 0.25) is 0 Å². The van der Waals surface area contributed by atoms with Crippen molar-refractivity contribution in [1.29, 1.82) is 0 Å². The van der Waals surface area contributed by atoms with Crippen molar-refractivity contribution in [3.63, 3.8) is 0 Å². The molecule has 3 atom stereocenters. The largest absolute Gasteiger partial charge is 0.391 e. The molecule has 0 aromatic heterocycles. The van der Waals surface area contributed by atoms with Gasteiger partial charge in [-0.25, -0.2) is 0 Å². The van der Waals surface area contributed by atoms with Crippen LogP contribution in [0.3, 0.4) is 0 Å². The Balaban J connectivity index is 2.01. The number of aliphatic hydroxyl groups is 1. The number of nitrogens with zero attached hydrogens (tertiary/aromatic N) is 1. The fourth-order valence-corrected chi connectivity index (χ4v) is 3.37. The number of carbonyl (C=O) groups excluding carboxylic acids is 1. The van der Waals surface area contributed by atoms with Crippen LogP contribution in [0.4, 0.5) is 0 Å². The average molecular weight is 239 g/mol. The van der Waals surface area contributed by atoms with Crippen molar-refractivity contribution in [1.82, 2.24) is 4.90 Å². The lowest BCUT2D eigenvalue weighted by atomic mass is 9.90. The molecule has 0 bridgehead atoms. The first-order chi connectivity index (χ1) is 8.20. The number of rotatable bonds is 2. The van der Waals surface area contributed by atoms with Crippen molar-refractivity contribution in [2.45, 2.75) is 76.0 Å². The molecule has 98 valence electrons. The second-order valence-corrected chi connectivity index (χ2v) is 5.67. The Labute approximate surface area is 104 Å². The summed E-state index contributed by atoms with van der Waals surface area (Å²) in [7, 11) is 2.03. The second-order valence-electron chi connectivity index (χ2n) is 5.67. The Kier molecular flexibility index (Phi) is 4.57. The Bertz CT molecular complexity index is 267. The van der Waals surface area contributed by atoms with Crippen LogP contribution >= 0.6 is 0 Å². The number of Topliss-reactive ketones (excluding diaryl/α,β-unsaturated/α-hetero) is 1. The normalized spacial score (nSPS) is 35.9. The highest BCUT2D eigenvalue weighted by Gasteiger charge is 2.33. The molecule has 1 N–H and O–H groups in total. The van der Waals surface area contributed by atoms with E-state index >= 15 is 0 Å². The van der Waals surface area contributed by atoms with Crippen LogP contribution in [0.1, 0.15) is 57.8 Å². The van der Waals surface area contributed by atoms with Gasteiger partial charge >= 0.3 is 0 Å². The highest BCUT2D eigenvalue weighted by molar-refractivity contribution is 5.84. The van der Waals surface area contributed by atoms with Gasteiger partial charge in [0.05, 0.1) is 12.1 Å². The van der Waals surface area contributed by atoms with Crippen LogP contribution in [0.25, 0.3) is 0 Å². The molecule has 2 fully saturated rings. The summed E-state index contributed by atoms with van der Waals surface area (Å²) in [6.45, 7) is 0. The first kappa shape index (κ1) is 13.0. The predicted octanol–water partition coefficient (Wildman–Crippen LogP) is 2.12. The summed E-state index contributed by atoms with van der Waals surface area (Å²) in [5, 5.41) is 10.1. The fourth-order valence-electron chi connectivity index (χ4n) is 3.37. The molecule has 2 rings (SSSR count). The Morgan fingerprint density at radius 2 is 1.76 bits per heavy atom. The molecule has 0 spiro atoms. The molecule has 0 aromatic carbocycles. The van der Waals surface area contributed by atoms with Crippen LogP contribution in [-0.4, -0.2) is 41.0 Å². The number of hydrogen-bond acceptors (Lipinski definition) is 3. The quantitative estimate of drug-likeness (QED) is 0.750. The molecule has 0 radical (unpaired) electrons. The van der Waals surface area contributed by atoms with Crippen LogP contribution in [0.2, 0.25) is 0 Å². The first-order valence-electron chi connectivity index (χ1n) is 7.13. The van der Waals surface area contributed by atoms with Gasteiger partial charge in [0.25, 0.3) is 0 Å². The van der Waals surface area contributed by atoms with Gasteiger partial charge in [-0.1, -0.05) is 25.7 Å². The molecule has 0 aromatic rings. The zero-order valence-electron chi connectivity index (χ0n) is 10.9. The third kappa shape index (κ3) is 3.08. The molecular formula is C14H25NO2. The highest BCUT2D eigenvalue weighted by Crippen LogP contribution is 2.27. The molecule has 3 heteroatoms. The van der Waals surface area contributed by atoms with Gasteiger partial charge in [0.15, 0.2) is 0 Å². The molecule has 0 aliphatic heterocycles. The van der Waals surface area contributed by atoms with E-state index in [0.717, 1.165) is 44.9 Å². The predicted molar refractivity (Wildman–Crippen MR) is 67.9 cm³/mol. The summed E-state index contributed by atoms with van der Waals surface area (Å²) >= 11 is 0. The van der Waals surface area contributed by atoms with Gasteiger partial charge < -0.3 is 5.11 Å². The van der Waals surface area contributed by atoms with Crippen molar-refractivity contribution in [3.05, 3.63) is 0 Å². The van der Waals surface area contributed by atoms with E-state index in [1.165, 1.54) is 12.8 Å². The van der Waals surface area contributed by atoms with E-state index in [-0.39, 0.29) is 18.2 Å². The van der Waals surface area contributed by atoms with Crippen molar-refractivity contribution >= 4 is 5.78 Å². The van der Waals surface area contributed by atoms with Crippen LogP contribution in [0.5, 0.6) is 0 Å². The smallest absolute Gasteiger partial charge is 0.149 e. The van der Waals surface area contributed by atoms with Gasteiger partial charge in [-0.3, -0.25) is 9.69 Å². The van der Waals surface area contributed by atoms with Crippen molar-refractivity contribution in [2.24, 2.45) is 0 Å². The molecule has 2 saturated carbocycles. The summed E-state index contributed by atoms with van der Waals surface area (Å²) in [6, 6.07) is 0.269. The van der Waals surface area contributed by atoms with Crippen LogP contribution in [0, 0.1) is 0 Å². The summed E-state index contributed by atoms with van der Waals surface area (Å²) in [5.41, 5.74) is 0. The molecule has 2 aliphatic rings. The van der Waals surface area contributed by atoms with Gasteiger partial charge in [-0.15, -0.1) is 0 Å². The van der Waals surface area contributed by atoms with Gasteiger partial charge in [-0.05, 0) is 32.7 Å². The summed E-state index contributed by atoms with van der Waals surface area (Å²) in [4.78, 5) is 14.3. The molecule has 0 saturated heterocycles. The fraction of sp³-hybridized carbons (Fsp3) is 0.929. The maximum Gasteiger partial charge on any atom is 0.149 e. The van der Waals surface area contributed by atoms with Crippen molar-refractivity contribution in [3.8, 4) is 0 Å². The van der Waals surface area contributed by atoms with Crippen LogP contribution in [-0.2, 0) is 4.79 Å². The zero-order valence-corrected chi connectivity index (χ0v) is 10.9. The van der Waals surface area contributed by atoms with E-state index < -0.39 is 0 Å². The maximum absolute atomic E-state index is 12.1. The number of ketones is 1. The highest BCUT2D eigenvalue weighted by atomic mass is 16.3. The second kappa shape index (κ2) is 5.96. The van der Waals surface area contributed by atoms with E-state index in [2.05, 4.69) is 4.90 Å². The van der Waals surface area contributed by atoms with Crippen LogP contribution in [0.15, 0.2) is 0 Å². The molecule has 3 nitrogen and oxygen atoms in total. The zero-order chi connectivity index (χ0) is 12.3.